The summed E-state index contributed by atoms with van der Waals surface area (Å²) in [5.41, 5.74) is -6.89. The van der Waals surface area contributed by atoms with E-state index in [0.29, 0.717) is 11.1 Å². The fraction of sp³-hybridized carbons (Fsp3) is 0.568. The van der Waals surface area contributed by atoms with Crippen LogP contribution in [0.1, 0.15) is 83.7 Å². The van der Waals surface area contributed by atoms with Gasteiger partial charge in [-0.25, -0.2) is 14.4 Å². The molecule has 3 fully saturated rings. The number of nitrogens with one attached hydrogen (secondary N) is 1. The van der Waals surface area contributed by atoms with Crippen LogP contribution in [-0.2, 0) is 53.1 Å². The van der Waals surface area contributed by atoms with E-state index in [1.165, 1.54) is 40.2 Å². The molecule has 0 spiro atoms. The van der Waals surface area contributed by atoms with Crippen molar-refractivity contribution in [3.63, 3.8) is 0 Å². The smallest absolute Gasteiger partial charge is 0.408 e. The number of fused-ring (bicyclic) bond motifs is 5. The second kappa shape index (κ2) is 16.1. The van der Waals surface area contributed by atoms with Gasteiger partial charge in [-0.15, -0.1) is 0 Å². The molecule has 1 saturated heterocycles. The van der Waals surface area contributed by atoms with Gasteiger partial charge in [0, 0.05) is 40.4 Å². The largest absolute Gasteiger partial charge is 0.456 e. The lowest BCUT2D eigenvalue weighted by molar-refractivity contribution is -0.342. The molecule has 320 valence electrons. The van der Waals surface area contributed by atoms with Crippen molar-refractivity contribution in [1.29, 1.82) is 0 Å². The first-order chi connectivity index (χ1) is 27.6. The van der Waals surface area contributed by atoms with Crippen LogP contribution in [0.3, 0.4) is 0 Å². The summed E-state index contributed by atoms with van der Waals surface area (Å²) >= 11 is 0. The molecule has 2 aromatic carbocycles. The molecule has 59 heavy (non-hydrogen) atoms. The molecule has 15 heteroatoms. The fourth-order valence-electron chi connectivity index (χ4n) is 9.56. The number of ketones is 1. The Morgan fingerprint density at radius 3 is 2.12 bits per heavy atom. The standard InChI is InChI=1S/C44H55NO14/c1-24-28-21-43(52,22-29(24)56-38(50)35(48)42(7,27-18-14-11-15-19-27)45-39(51)59-40(3,4)5)36(57-37(49)26-16-12-10-13-17-26)33-41(6,34(47)32(28)54-9)30(53-8)20-31-44(33,23-55-31)58-25(2)46/h10-19,29-33,35-36,48,52H,20-23H2,1-9H3,(H,45,51)/t29-,30?,31+,32+,33-,35-,36-,41+,42-,43+,44-/m0/s1. The molecule has 0 aromatic heterocycles. The summed E-state index contributed by atoms with van der Waals surface area (Å²) in [5, 5.41) is 27.7. The predicted molar refractivity (Wildman–Crippen MR) is 209 cm³/mol. The minimum atomic E-state index is -2.13. The molecule has 1 unspecified atom stereocenters. The van der Waals surface area contributed by atoms with Crippen LogP contribution in [0.2, 0.25) is 0 Å². The predicted octanol–water partition coefficient (Wildman–Crippen LogP) is 4.11. The van der Waals surface area contributed by atoms with E-state index in [4.69, 9.17) is 33.2 Å². The number of esters is 3. The Kier molecular flexibility index (Phi) is 12.0. The molecule has 2 saturated carbocycles. The van der Waals surface area contributed by atoms with Gasteiger partial charge in [-0.1, -0.05) is 48.5 Å². The number of rotatable bonds is 10. The zero-order valence-corrected chi connectivity index (χ0v) is 34.9. The quantitative estimate of drug-likeness (QED) is 0.176. The summed E-state index contributed by atoms with van der Waals surface area (Å²) in [4.78, 5) is 69.8. The van der Waals surface area contributed by atoms with Gasteiger partial charge >= 0.3 is 24.0 Å². The molecule has 3 N–H and O–H groups in total. The van der Waals surface area contributed by atoms with E-state index in [-0.39, 0.29) is 30.6 Å². The number of alkyl carbamates (subject to hydrolysis) is 1. The van der Waals surface area contributed by atoms with Crippen molar-refractivity contribution >= 4 is 29.8 Å². The second-order valence-electron chi connectivity index (χ2n) is 17.5. The topological polar surface area (TPSA) is 202 Å². The Labute approximate surface area is 343 Å². The maximum Gasteiger partial charge on any atom is 0.408 e. The molecular formula is C44H55NO14. The SMILES string of the molecule is COC1C[C@H]2OC[C@@]2(OC(C)=O)[C@H]2[C@H](OC(=O)c3ccccc3)[C@@]3(O)CC(=C(C)[C@@H](OC(=O)[C@H](O)[C@@](C)(NC(=O)OC(C)(C)C)c4ccccc4)C3)[C@@H](OC)C(=O)[C@]12C. The Morgan fingerprint density at radius 2 is 1.58 bits per heavy atom. The van der Waals surface area contributed by atoms with E-state index >= 15 is 4.79 Å². The molecule has 11 atom stereocenters. The van der Waals surface area contributed by atoms with Crippen molar-refractivity contribution in [2.75, 3.05) is 20.8 Å². The summed E-state index contributed by atoms with van der Waals surface area (Å²) in [7, 11) is 2.77. The molecule has 4 aliphatic rings. The van der Waals surface area contributed by atoms with Crippen LogP contribution in [0.5, 0.6) is 0 Å². The van der Waals surface area contributed by atoms with Crippen molar-refractivity contribution < 1.29 is 67.3 Å². The third kappa shape index (κ3) is 7.79. The highest BCUT2D eigenvalue weighted by Crippen LogP contribution is 2.61. The first-order valence-electron chi connectivity index (χ1n) is 19.7. The monoisotopic (exact) mass is 821 g/mol. The summed E-state index contributed by atoms with van der Waals surface area (Å²) in [6.07, 6.45) is -9.45. The van der Waals surface area contributed by atoms with Crippen LogP contribution >= 0.6 is 0 Å². The third-order valence-electron chi connectivity index (χ3n) is 12.5. The number of amides is 1. The van der Waals surface area contributed by atoms with Crippen molar-refractivity contribution in [2.24, 2.45) is 11.3 Å². The highest BCUT2D eigenvalue weighted by atomic mass is 16.6. The summed E-state index contributed by atoms with van der Waals surface area (Å²) in [5.74, 6) is -4.48. The summed E-state index contributed by atoms with van der Waals surface area (Å²) in [6, 6.07) is 16.4. The van der Waals surface area contributed by atoms with Crippen LogP contribution in [0.4, 0.5) is 4.79 Å². The number of Topliss-reactive ketones (excluding diaryl/α,β-unsaturated/α-hetero) is 1. The number of carbonyl (C=O) groups is 5. The molecule has 0 radical (unpaired) electrons. The third-order valence-corrected chi connectivity index (χ3v) is 12.5. The minimum absolute atomic E-state index is 0.129. The van der Waals surface area contributed by atoms with Gasteiger partial charge in [-0.2, -0.15) is 0 Å². The molecule has 6 rings (SSSR count). The van der Waals surface area contributed by atoms with E-state index in [1.807, 2.05) is 0 Å². The van der Waals surface area contributed by atoms with E-state index in [0.717, 1.165) is 0 Å². The number of benzene rings is 2. The van der Waals surface area contributed by atoms with Gasteiger partial charge in [0.2, 0.25) is 0 Å². The van der Waals surface area contributed by atoms with Gasteiger partial charge in [0.25, 0.3) is 0 Å². The molecule has 2 aromatic rings. The highest BCUT2D eigenvalue weighted by Gasteiger charge is 2.76. The fourth-order valence-corrected chi connectivity index (χ4v) is 9.56. The Morgan fingerprint density at radius 1 is 0.949 bits per heavy atom. The number of hydrogen-bond donors (Lipinski definition) is 3. The van der Waals surface area contributed by atoms with Gasteiger partial charge in [-0.3, -0.25) is 9.59 Å². The van der Waals surface area contributed by atoms with Gasteiger partial charge in [0.1, 0.15) is 41.2 Å². The summed E-state index contributed by atoms with van der Waals surface area (Å²) < 4.78 is 42.0. The Bertz CT molecular complexity index is 1980. The second-order valence-corrected chi connectivity index (χ2v) is 17.5. The van der Waals surface area contributed by atoms with E-state index < -0.39 is 107 Å². The van der Waals surface area contributed by atoms with Gasteiger partial charge in [0.05, 0.1) is 29.6 Å². The number of carbonyl (C=O) groups excluding carboxylic acids is 5. The number of methoxy groups -OCH3 is 2. The molecule has 1 aliphatic heterocycles. The summed E-state index contributed by atoms with van der Waals surface area (Å²) in [6.45, 7) is 10.8. The lowest BCUT2D eigenvalue weighted by atomic mass is 9.48. The molecule has 2 bridgehead atoms. The Hall–Kier alpha value is -4.67. The number of aliphatic hydroxyl groups excluding tert-OH is 1. The van der Waals surface area contributed by atoms with Crippen LogP contribution < -0.4 is 5.32 Å². The average molecular weight is 822 g/mol. The first kappa shape index (κ1) is 43.9. The molecule has 1 amide bonds. The maximum absolute atomic E-state index is 15.3. The van der Waals surface area contributed by atoms with Crippen molar-refractivity contribution in [3.05, 3.63) is 82.9 Å². The van der Waals surface area contributed by atoms with E-state index in [1.54, 1.807) is 83.1 Å². The normalized spacial score (nSPS) is 33.0. The Balaban J connectivity index is 1.48. The number of hydrogen-bond acceptors (Lipinski definition) is 14. The minimum Gasteiger partial charge on any atom is -0.456 e. The zero-order chi connectivity index (χ0) is 43.3. The van der Waals surface area contributed by atoms with E-state index in [2.05, 4.69) is 5.32 Å². The van der Waals surface area contributed by atoms with Gasteiger partial charge in [-0.05, 0) is 70.4 Å². The lowest BCUT2D eigenvalue weighted by Crippen LogP contribution is -2.80. The lowest BCUT2D eigenvalue weighted by Gasteiger charge is -2.66. The van der Waals surface area contributed by atoms with Crippen LogP contribution in [0, 0.1) is 11.3 Å². The van der Waals surface area contributed by atoms with Crippen LogP contribution in [0.25, 0.3) is 0 Å². The molecule has 15 nitrogen and oxygen atoms in total. The number of aliphatic hydroxyl groups is 2. The van der Waals surface area contributed by atoms with Gasteiger partial charge in [0.15, 0.2) is 17.5 Å². The highest BCUT2D eigenvalue weighted by molar-refractivity contribution is 5.94. The molecule has 3 aliphatic carbocycles. The van der Waals surface area contributed by atoms with E-state index in [9.17, 15) is 29.4 Å². The zero-order valence-electron chi connectivity index (χ0n) is 34.9. The van der Waals surface area contributed by atoms with Gasteiger partial charge < -0.3 is 48.7 Å². The number of ether oxygens (including phenoxy) is 7. The average Bonchev–Trinajstić information content (AvgIpc) is 3.17. The van der Waals surface area contributed by atoms with Crippen molar-refractivity contribution in [2.45, 2.75) is 127 Å². The van der Waals surface area contributed by atoms with Crippen LogP contribution in [0.15, 0.2) is 71.8 Å². The first-order valence-corrected chi connectivity index (χ1v) is 19.7. The van der Waals surface area contributed by atoms with Crippen molar-refractivity contribution in [1.82, 2.24) is 5.32 Å². The van der Waals surface area contributed by atoms with Crippen LogP contribution in [-0.4, -0.2) is 114 Å². The maximum atomic E-state index is 15.3. The van der Waals surface area contributed by atoms with Crippen molar-refractivity contribution in [3.8, 4) is 0 Å². The molecule has 1 heterocycles. The molecular weight excluding hydrogens is 766 g/mol.